The Labute approximate surface area is 91.2 Å². The number of benzene rings is 1. The highest BCUT2D eigenvalue weighted by Gasteiger charge is 2.15. The zero-order valence-electron chi connectivity index (χ0n) is 9.22. The minimum atomic E-state index is 0.894. The second kappa shape index (κ2) is 5.14. The molecule has 1 aromatic carbocycles. The van der Waals surface area contributed by atoms with Crippen LogP contribution in [0.3, 0.4) is 0 Å². The lowest BCUT2D eigenvalue weighted by molar-refractivity contribution is -0.206. The Hall–Kier alpha value is -1.06. The third kappa shape index (κ3) is 2.94. The number of hydrazine groups is 1. The van der Waals surface area contributed by atoms with Crippen LogP contribution in [0.25, 0.3) is 0 Å². The zero-order valence-corrected chi connectivity index (χ0v) is 9.22. The molecule has 1 aromatic rings. The molecule has 0 bridgehead atoms. The Morgan fingerprint density at radius 3 is 2.40 bits per heavy atom. The molecule has 1 fully saturated rings. The molecule has 82 valence electrons. The van der Waals surface area contributed by atoms with E-state index in [1.54, 1.807) is 0 Å². The van der Waals surface area contributed by atoms with Gasteiger partial charge in [-0.25, -0.2) is 5.01 Å². The van der Waals surface area contributed by atoms with Crippen LogP contribution in [0.15, 0.2) is 30.3 Å². The molecule has 0 N–H and O–H groups in total. The van der Waals surface area contributed by atoms with E-state index in [0.29, 0.717) is 0 Å². The molecule has 15 heavy (non-hydrogen) atoms. The Morgan fingerprint density at radius 1 is 1.07 bits per heavy atom. The second-order valence-electron chi connectivity index (χ2n) is 3.88. The summed E-state index contributed by atoms with van der Waals surface area (Å²) in [6.45, 7) is 2.20. The molecule has 1 heterocycles. The predicted molar refractivity (Wildman–Crippen MR) is 60.3 cm³/mol. The Morgan fingerprint density at radius 2 is 1.73 bits per heavy atom. The zero-order chi connectivity index (χ0) is 10.5. The van der Waals surface area contributed by atoms with Gasteiger partial charge in [0.2, 0.25) is 0 Å². The molecule has 0 aliphatic carbocycles. The van der Waals surface area contributed by atoms with E-state index in [1.807, 2.05) is 42.6 Å². The number of piperidine rings is 1. The Balaban J connectivity index is 1.88. The fraction of sp³-hybridized carbons (Fsp3) is 0.500. The number of rotatable bonds is 3. The first-order chi connectivity index (χ1) is 7.36. The van der Waals surface area contributed by atoms with Gasteiger partial charge in [-0.15, -0.1) is 0 Å². The first kappa shape index (κ1) is 10.5. The molecule has 0 unspecified atom stereocenters. The van der Waals surface area contributed by atoms with E-state index in [1.165, 1.54) is 19.3 Å². The van der Waals surface area contributed by atoms with Crippen molar-refractivity contribution in [1.82, 2.24) is 10.2 Å². The summed E-state index contributed by atoms with van der Waals surface area (Å²) in [7, 11) is 1.97. The summed E-state index contributed by atoms with van der Waals surface area (Å²) in [5.74, 6) is 0.894. The molecular weight excluding hydrogens is 188 g/mol. The molecule has 1 aliphatic heterocycles. The summed E-state index contributed by atoms with van der Waals surface area (Å²) >= 11 is 0. The molecule has 0 amide bonds. The van der Waals surface area contributed by atoms with E-state index < -0.39 is 0 Å². The summed E-state index contributed by atoms with van der Waals surface area (Å²) in [6, 6.07) is 9.91. The summed E-state index contributed by atoms with van der Waals surface area (Å²) in [6.07, 6.45) is 3.88. The highest BCUT2D eigenvalue weighted by molar-refractivity contribution is 5.20. The first-order valence-electron chi connectivity index (χ1n) is 5.58. The predicted octanol–water partition coefficient (Wildman–Crippen LogP) is 2.31. The molecule has 1 saturated heterocycles. The molecule has 0 spiro atoms. The van der Waals surface area contributed by atoms with Crippen molar-refractivity contribution in [2.45, 2.75) is 19.3 Å². The minimum absolute atomic E-state index is 0.894. The molecule has 0 radical (unpaired) electrons. The number of hydroxylamine groups is 1. The lowest BCUT2D eigenvalue weighted by atomic mass is 10.2. The first-order valence-corrected chi connectivity index (χ1v) is 5.58. The maximum absolute atomic E-state index is 5.71. The van der Waals surface area contributed by atoms with Crippen LogP contribution in [-0.2, 0) is 0 Å². The van der Waals surface area contributed by atoms with Gasteiger partial charge in [0.25, 0.3) is 0 Å². The van der Waals surface area contributed by atoms with E-state index in [4.69, 9.17) is 4.84 Å². The molecule has 0 aromatic heterocycles. The van der Waals surface area contributed by atoms with Gasteiger partial charge in [-0.2, -0.15) is 0 Å². The van der Waals surface area contributed by atoms with E-state index in [0.717, 1.165) is 18.8 Å². The van der Waals surface area contributed by atoms with Crippen LogP contribution in [0.1, 0.15) is 19.3 Å². The third-order valence-electron chi connectivity index (χ3n) is 2.71. The fourth-order valence-electron chi connectivity index (χ4n) is 1.85. The summed E-state index contributed by atoms with van der Waals surface area (Å²) < 4.78 is 0. The van der Waals surface area contributed by atoms with Gasteiger partial charge in [0, 0.05) is 20.1 Å². The maximum Gasteiger partial charge on any atom is 0.149 e. The highest BCUT2D eigenvalue weighted by atomic mass is 16.7. The van der Waals surface area contributed by atoms with Crippen LogP contribution in [0.2, 0.25) is 0 Å². The Kier molecular flexibility index (Phi) is 3.59. The normalized spacial score (nSPS) is 18.0. The van der Waals surface area contributed by atoms with Gasteiger partial charge in [-0.05, 0) is 25.0 Å². The topological polar surface area (TPSA) is 15.7 Å². The van der Waals surface area contributed by atoms with Crippen molar-refractivity contribution in [3.8, 4) is 5.75 Å². The van der Waals surface area contributed by atoms with Crippen molar-refractivity contribution < 1.29 is 4.84 Å². The highest BCUT2D eigenvalue weighted by Crippen LogP contribution is 2.14. The van der Waals surface area contributed by atoms with Crippen molar-refractivity contribution in [3.05, 3.63) is 30.3 Å². The van der Waals surface area contributed by atoms with Crippen LogP contribution >= 0.6 is 0 Å². The van der Waals surface area contributed by atoms with E-state index in [2.05, 4.69) is 5.01 Å². The van der Waals surface area contributed by atoms with Gasteiger partial charge >= 0.3 is 0 Å². The average molecular weight is 206 g/mol. The monoisotopic (exact) mass is 206 g/mol. The van der Waals surface area contributed by atoms with Gasteiger partial charge in [-0.3, -0.25) is 0 Å². The van der Waals surface area contributed by atoms with Crippen molar-refractivity contribution >= 4 is 0 Å². The third-order valence-corrected chi connectivity index (χ3v) is 2.71. The van der Waals surface area contributed by atoms with Crippen LogP contribution in [0.4, 0.5) is 0 Å². The molecule has 3 heteroatoms. The minimum Gasteiger partial charge on any atom is -0.391 e. The Bertz CT molecular complexity index is 283. The molecule has 3 nitrogen and oxygen atoms in total. The smallest absolute Gasteiger partial charge is 0.149 e. The van der Waals surface area contributed by atoms with Crippen molar-refractivity contribution in [2.24, 2.45) is 0 Å². The molecule has 0 atom stereocenters. The van der Waals surface area contributed by atoms with Crippen LogP contribution in [-0.4, -0.2) is 30.3 Å². The average Bonchev–Trinajstić information content (AvgIpc) is 2.31. The van der Waals surface area contributed by atoms with Crippen LogP contribution in [0, 0.1) is 0 Å². The SMILES string of the molecule is CN(Oc1ccccc1)N1CCCCC1. The number of nitrogens with zero attached hydrogens (tertiary/aromatic N) is 2. The molecular formula is C12H18N2O. The quantitative estimate of drug-likeness (QED) is 0.706. The van der Waals surface area contributed by atoms with Crippen molar-refractivity contribution in [2.75, 3.05) is 20.1 Å². The van der Waals surface area contributed by atoms with Gasteiger partial charge in [0.05, 0.1) is 0 Å². The van der Waals surface area contributed by atoms with Gasteiger partial charge in [0.1, 0.15) is 5.75 Å². The maximum atomic E-state index is 5.71. The fourth-order valence-corrected chi connectivity index (χ4v) is 1.85. The molecule has 1 aliphatic rings. The van der Waals surface area contributed by atoms with E-state index in [9.17, 15) is 0 Å². The summed E-state index contributed by atoms with van der Waals surface area (Å²) in [4.78, 5) is 5.71. The summed E-state index contributed by atoms with van der Waals surface area (Å²) in [5, 5.41) is 4.10. The van der Waals surface area contributed by atoms with Gasteiger partial charge in [-0.1, -0.05) is 29.8 Å². The van der Waals surface area contributed by atoms with Crippen molar-refractivity contribution in [1.29, 1.82) is 0 Å². The second-order valence-corrected chi connectivity index (χ2v) is 3.88. The lowest BCUT2D eigenvalue weighted by Crippen LogP contribution is -2.44. The largest absolute Gasteiger partial charge is 0.391 e. The van der Waals surface area contributed by atoms with Crippen LogP contribution < -0.4 is 4.84 Å². The number of hydrogen-bond acceptors (Lipinski definition) is 3. The van der Waals surface area contributed by atoms with Gasteiger partial charge < -0.3 is 4.84 Å². The molecule has 2 rings (SSSR count). The van der Waals surface area contributed by atoms with Crippen LogP contribution in [0.5, 0.6) is 5.75 Å². The summed E-state index contributed by atoms with van der Waals surface area (Å²) in [5.41, 5.74) is 0. The van der Waals surface area contributed by atoms with E-state index >= 15 is 0 Å². The van der Waals surface area contributed by atoms with E-state index in [-0.39, 0.29) is 0 Å². The number of para-hydroxylation sites is 1. The standard InChI is InChI=1S/C12H18N2O/c1-13(14-10-6-3-7-11-14)15-12-8-4-2-5-9-12/h2,4-5,8-9H,3,6-7,10-11H2,1H3. The van der Waals surface area contributed by atoms with Gasteiger partial charge in [0.15, 0.2) is 0 Å². The van der Waals surface area contributed by atoms with Crippen molar-refractivity contribution in [3.63, 3.8) is 0 Å². The number of hydrogen-bond donors (Lipinski definition) is 0. The lowest BCUT2D eigenvalue weighted by Gasteiger charge is -2.33. The molecule has 0 saturated carbocycles.